The molecule has 0 atom stereocenters. The maximum absolute atomic E-state index is 8.12. The Balaban J connectivity index is 2.52. The summed E-state index contributed by atoms with van der Waals surface area (Å²) in [5.41, 5.74) is 0.924. The van der Waals surface area contributed by atoms with Gasteiger partial charge in [0, 0.05) is 11.8 Å². The number of H-pyrrole nitrogens is 1. The molecule has 0 fully saturated rings. The van der Waals surface area contributed by atoms with Crippen LogP contribution >= 0.6 is 0 Å². The number of aromatic nitrogens is 2. The van der Waals surface area contributed by atoms with E-state index in [0.717, 1.165) is 5.69 Å². The summed E-state index contributed by atoms with van der Waals surface area (Å²) < 4.78 is 4.87. The first-order chi connectivity index (χ1) is 4.83. The largest absolute Gasteiger partial charge is 0.461 e. The van der Waals surface area contributed by atoms with Gasteiger partial charge in [-0.15, -0.1) is 5.10 Å². The first-order valence-corrected chi connectivity index (χ1v) is 2.84. The zero-order chi connectivity index (χ0) is 7.40. The van der Waals surface area contributed by atoms with Gasteiger partial charge in [0.25, 0.3) is 0 Å². The van der Waals surface area contributed by atoms with Crippen LogP contribution in [0.2, 0.25) is 0 Å². The van der Waals surface area contributed by atoms with Crippen molar-refractivity contribution in [1.82, 2.24) is 10.2 Å². The fourth-order valence-corrected chi connectivity index (χ4v) is 0.573. The highest BCUT2D eigenvalue weighted by atomic mass is 16.5. The average molecular weight is 137 g/mol. The lowest BCUT2D eigenvalue weighted by Gasteiger charge is -1.90. The highest BCUT2D eigenvalue weighted by Crippen LogP contribution is 2.05. The van der Waals surface area contributed by atoms with E-state index in [9.17, 15) is 0 Å². The van der Waals surface area contributed by atoms with Crippen molar-refractivity contribution in [1.29, 1.82) is 5.26 Å². The minimum absolute atomic E-state index is 0.0459. The molecule has 4 nitrogen and oxygen atoms in total. The molecular weight excluding hydrogens is 130 g/mol. The van der Waals surface area contributed by atoms with E-state index in [1.165, 1.54) is 0 Å². The molecule has 0 aliphatic carbocycles. The maximum Gasteiger partial charge on any atom is 0.233 e. The zero-order valence-corrected chi connectivity index (χ0v) is 5.59. The van der Waals surface area contributed by atoms with Crippen molar-refractivity contribution in [2.75, 3.05) is 6.61 Å². The molecule has 0 radical (unpaired) electrons. The highest BCUT2D eigenvalue weighted by Gasteiger charge is 1.95. The number of hydrogen-bond donors (Lipinski definition) is 1. The molecule has 1 N–H and O–H groups in total. The van der Waals surface area contributed by atoms with E-state index in [2.05, 4.69) is 10.2 Å². The summed E-state index contributed by atoms with van der Waals surface area (Å²) in [4.78, 5) is 0. The Hall–Kier alpha value is -1.50. The molecule has 10 heavy (non-hydrogen) atoms. The second-order valence-corrected chi connectivity index (χ2v) is 1.84. The summed E-state index contributed by atoms with van der Waals surface area (Å²) in [6, 6.07) is 3.58. The molecule has 0 aliphatic heterocycles. The quantitative estimate of drug-likeness (QED) is 0.649. The molecule has 0 spiro atoms. The van der Waals surface area contributed by atoms with E-state index < -0.39 is 0 Å². The molecule has 52 valence electrons. The molecule has 4 heteroatoms. The summed E-state index contributed by atoms with van der Waals surface area (Å²) in [7, 11) is 0. The zero-order valence-electron chi connectivity index (χ0n) is 5.59. The lowest BCUT2D eigenvalue weighted by atomic mass is 10.5. The van der Waals surface area contributed by atoms with Crippen molar-refractivity contribution in [3.8, 4) is 11.9 Å². The van der Waals surface area contributed by atoms with Gasteiger partial charge < -0.3 is 4.74 Å². The highest BCUT2D eigenvalue weighted by molar-refractivity contribution is 5.12. The third-order valence-electron chi connectivity index (χ3n) is 0.967. The minimum atomic E-state index is 0.0459. The first-order valence-electron chi connectivity index (χ1n) is 2.84. The first kappa shape index (κ1) is 6.62. The second-order valence-electron chi connectivity index (χ2n) is 1.84. The van der Waals surface area contributed by atoms with Crippen molar-refractivity contribution >= 4 is 0 Å². The third-order valence-corrected chi connectivity index (χ3v) is 0.967. The van der Waals surface area contributed by atoms with Gasteiger partial charge in [-0.25, -0.2) is 0 Å². The van der Waals surface area contributed by atoms with Gasteiger partial charge >= 0.3 is 0 Å². The molecule has 0 amide bonds. The summed E-state index contributed by atoms with van der Waals surface area (Å²) in [6.07, 6.45) is 0. The van der Waals surface area contributed by atoms with Crippen molar-refractivity contribution in [2.45, 2.75) is 6.92 Å². The van der Waals surface area contributed by atoms with E-state index in [4.69, 9.17) is 10.00 Å². The summed E-state index contributed by atoms with van der Waals surface area (Å²) in [5.74, 6) is 0.471. The van der Waals surface area contributed by atoms with E-state index >= 15 is 0 Å². The fraction of sp³-hybridized carbons (Fsp3) is 0.333. The lowest BCUT2D eigenvalue weighted by Crippen LogP contribution is -1.92. The van der Waals surface area contributed by atoms with Crippen LogP contribution in [-0.4, -0.2) is 16.8 Å². The Labute approximate surface area is 58.4 Å². The maximum atomic E-state index is 8.12. The molecule has 1 aromatic heterocycles. The standard InChI is InChI=1S/C6H7N3O/c1-5-4-6(9-8-5)10-3-2-7/h4H,3H2,1H3,(H,8,9). The van der Waals surface area contributed by atoms with Crippen LogP contribution in [0.1, 0.15) is 5.69 Å². The van der Waals surface area contributed by atoms with Gasteiger partial charge in [0.2, 0.25) is 5.88 Å². The normalized spacial score (nSPS) is 8.80. The molecule has 1 rings (SSSR count). The lowest BCUT2D eigenvalue weighted by molar-refractivity contribution is 0.353. The van der Waals surface area contributed by atoms with Crippen molar-refractivity contribution in [2.24, 2.45) is 0 Å². The van der Waals surface area contributed by atoms with E-state index in [1.807, 2.05) is 13.0 Å². The fourth-order valence-electron chi connectivity index (χ4n) is 0.573. The molecule has 1 heterocycles. The van der Waals surface area contributed by atoms with Crippen LogP contribution in [0.5, 0.6) is 5.88 Å². The predicted molar refractivity (Wildman–Crippen MR) is 34.4 cm³/mol. The van der Waals surface area contributed by atoms with E-state index in [1.54, 1.807) is 6.07 Å². The Bertz CT molecular complexity index is 248. The van der Waals surface area contributed by atoms with Gasteiger partial charge in [-0.3, -0.25) is 5.10 Å². The number of nitrogens with one attached hydrogen (secondary N) is 1. The Morgan fingerprint density at radius 3 is 3.20 bits per heavy atom. The molecule has 0 bridgehead atoms. The van der Waals surface area contributed by atoms with Gasteiger partial charge in [0.15, 0.2) is 6.61 Å². The smallest absolute Gasteiger partial charge is 0.233 e. The number of ether oxygens (including phenoxy) is 1. The Morgan fingerprint density at radius 1 is 1.90 bits per heavy atom. The van der Waals surface area contributed by atoms with Gasteiger partial charge in [-0.2, -0.15) is 5.26 Å². The SMILES string of the molecule is Cc1cc(OCC#N)n[nH]1. The van der Waals surface area contributed by atoms with Crippen LogP contribution in [0.15, 0.2) is 6.07 Å². The molecule has 0 aliphatic rings. The van der Waals surface area contributed by atoms with E-state index in [-0.39, 0.29) is 6.61 Å². The third kappa shape index (κ3) is 1.49. The van der Waals surface area contributed by atoms with E-state index in [0.29, 0.717) is 5.88 Å². The van der Waals surface area contributed by atoms with Gasteiger partial charge in [0.05, 0.1) is 0 Å². The summed E-state index contributed by atoms with van der Waals surface area (Å²) in [6.45, 7) is 1.91. The number of nitriles is 1. The molecule has 0 unspecified atom stereocenters. The Morgan fingerprint density at radius 2 is 2.70 bits per heavy atom. The van der Waals surface area contributed by atoms with Gasteiger partial charge in [0.1, 0.15) is 6.07 Å². The molecule has 0 saturated carbocycles. The molecule has 0 saturated heterocycles. The molecule has 1 aromatic rings. The van der Waals surface area contributed by atoms with Crippen LogP contribution in [0.3, 0.4) is 0 Å². The van der Waals surface area contributed by atoms with Crippen LogP contribution < -0.4 is 4.74 Å². The predicted octanol–water partition coefficient (Wildman–Crippen LogP) is 0.620. The van der Waals surface area contributed by atoms with Crippen LogP contribution in [0, 0.1) is 18.3 Å². The summed E-state index contributed by atoms with van der Waals surface area (Å²) >= 11 is 0. The van der Waals surface area contributed by atoms with Gasteiger partial charge in [-0.05, 0) is 6.92 Å². The average Bonchev–Trinajstić information content (AvgIpc) is 2.31. The van der Waals surface area contributed by atoms with Crippen molar-refractivity contribution in [3.05, 3.63) is 11.8 Å². The number of rotatable bonds is 2. The Kier molecular flexibility index (Phi) is 1.90. The van der Waals surface area contributed by atoms with Crippen LogP contribution in [-0.2, 0) is 0 Å². The minimum Gasteiger partial charge on any atom is -0.461 e. The van der Waals surface area contributed by atoms with Crippen LogP contribution in [0.25, 0.3) is 0 Å². The number of nitrogens with zero attached hydrogens (tertiary/aromatic N) is 2. The number of hydrogen-bond acceptors (Lipinski definition) is 3. The monoisotopic (exact) mass is 137 g/mol. The van der Waals surface area contributed by atoms with Gasteiger partial charge in [-0.1, -0.05) is 0 Å². The van der Waals surface area contributed by atoms with Crippen LogP contribution in [0.4, 0.5) is 0 Å². The second kappa shape index (κ2) is 2.87. The van der Waals surface area contributed by atoms with Crippen molar-refractivity contribution < 1.29 is 4.74 Å². The topological polar surface area (TPSA) is 61.7 Å². The number of aromatic amines is 1. The molecular formula is C6H7N3O. The molecule has 0 aromatic carbocycles. The van der Waals surface area contributed by atoms with Crippen molar-refractivity contribution in [3.63, 3.8) is 0 Å². The number of aryl methyl sites for hydroxylation is 1. The summed E-state index contributed by atoms with van der Waals surface area (Å²) in [5, 5.41) is 14.6.